The summed E-state index contributed by atoms with van der Waals surface area (Å²) in [5.41, 5.74) is 0.554. The van der Waals surface area contributed by atoms with Crippen molar-refractivity contribution in [3.05, 3.63) is 28.7 Å². The minimum atomic E-state index is -4.90. The highest BCUT2D eigenvalue weighted by molar-refractivity contribution is 9.10. The lowest BCUT2D eigenvalue weighted by atomic mass is 9.97. The molecule has 1 aromatic rings. The van der Waals surface area contributed by atoms with Gasteiger partial charge in [-0.2, -0.15) is 13.2 Å². The van der Waals surface area contributed by atoms with Crippen molar-refractivity contribution in [2.24, 2.45) is 5.92 Å². The van der Waals surface area contributed by atoms with Crippen LogP contribution >= 0.6 is 15.9 Å². The Labute approximate surface area is 133 Å². The lowest BCUT2D eigenvalue weighted by Crippen LogP contribution is -2.48. The van der Waals surface area contributed by atoms with Crippen LogP contribution in [0.2, 0.25) is 0 Å². The van der Waals surface area contributed by atoms with Crippen molar-refractivity contribution >= 4 is 33.4 Å². The Morgan fingerprint density at radius 3 is 2.68 bits per heavy atom. The van der Waals surface area contributed by atoms with Gasteiger partial charge in [0.1, 0.15) is 0 Å². The van der Waals surface area contributed by atoms with Gasteiger partial charge in [0.2, 0.25) is 5.91 Å². The van der Waals surface area contributed by atoms with Gasteiger partial charge in [0, 0.05) is 23.2 Å². The predicted molar refractivity (Wildman–Crippen MR) is 78.1 cm³/mol. The SMILES string of the molecule is O=C(Nc1cccc(Br)c1)C1CCCN(C(=O)C(F)(F)F)C1. The maximum absolute atomic E-state index is 12.5. The van der Waals surface area contributed by atoms with Crippen molar-refractivity contribution in [1.29, 1.82) is 0 Å². The van der Waals surface area contributed by atoms with E-state index in [4.69, 9.17) is 0 Å². The fraction of sp³-hybridized carbons (Fsp3) is 0.429. The van der Waals surface area contributed by atoms with Crippen molar-refractivity contribution < 1.29 is 22.8 Å². The molecule has 1 fully saturated rings. The molecule has 2 amide bonds. The van der Waals surface area contributed by atoms with E-state index >= 15 is 0 Å². The highest BCUT2D eigenvalue weighted by atomic mass is 79.9. The molecule has 1 aliphatic heterocycles. The van der Waals surface area contributed by atoms with Gasteiger partial charge in [-0.3, -0.25) is 9.59 Å². The van der Waals surface area contributed by atoms with Crippen LogP contribution in [0.15, 0.2) is 28.7 Å². The Morgan fingerprint density at radius 1 is 1.32 bits per heavy atom. The van der Waals surface area contributed by atoms with Gasteiger partial charge in [0.25, 0.3) is 0 Å². The molecule has 0 saturated carbocycles. The number of nitrogens with one attached hydrogen (secondary N) is 1. The van der Waals surface area contributed by atoms with E-state index in [1.807, 2.05) is 0 Å². The molecule has 1 aromatic carbocycles. The van der Waals surface area contributed by atoms with Gasteiger partial charge < -0.3 is 10.2 Å². The van der Waals surface area contributed by atoms with Crippen LogP contribution in [-0.4, -0.2) is 36.0 Å². The molecule has 0 aliphatic carbocycles. The maximum atomic E-state index is 12.5. The molecule has 0 radical (unpaired) electrons. The van der Waals surface area contributed by atoms with E-state index in [0.29, 0.717) is 23.4 Å². The number of piperidine rings is 1. The normalized spacial score (nSPS) is 18.9. The summed E-state index contributed by atoms with van der Waals surface area (Å²) in [7, 11) is 0. The maximum Gasteiger partial charge on any atom is 0.471 e. The first kappa shape index (κ1) is 16.8. The summed E-state index contributed by atoms with van der Waals surface area (Å²) in [6.45, 7) is -0.183. The fourth-order valence-electron chi connectivity index (χ4n) is 2.37. The summed E-state index contributed by atoms with van der Waals surface area (Å²) in [6.07, 6.45) is -4.07. The quantitative estimate of drug-likeness (QED) is 0.858. The standard InChI is InChI=1S/C14H14BrF3N2O2/c15-10-4-1-5-11(7-10)19-12(21)9-3-2-6-20(8-9)13(22)14(16,17)18/h1,4-5,7,9H,2-3,6,8H2,(H,19,21). The van der Waals surface area contributed by atoms with E-state index in [9.17, 15) is 22.8 Å². The van der Waals surface area contributed by atoms with Gasteiger partial charge in [-0.25, -0.2) is 0 Å². The molecule has 2 rings (SSSR count). The van der Waals surface area contributed by atoms with Gasteiger partial charge in [-0.1, -0.05) is 22.0 Å². The number of alkyl halides is 3. The van der Waals surface area contributed by atoms with Crippen LogP contribution < -0.4 is 5.32 Å². The molecule has 22 heavy (non-hydrogen) atoms. The summed E-state index contributed by atoms with van der Waals surface area (Å²) in [5, 5.41) is 2.66. The molecule has 120 valence electrons. The largest absolute Gasteiger partial charge is 0.471 e. The highest BCUT2D eigenvalue weighted by Gasteiger charge is 2.44. The summed E-state index contributed by atoms with van der Waals surface area (Å²) < 4.78 is 38.1. The number of benzene rings is 1. The molecule has 1 unspecified atom stereocenters. The van der Waals surface area contributed by atoms with Crippen LogP contribution in [0.3, 0.4) is 0 Å². The molecule has 0 spiro atoms. The van der Waals surface area contributed by atoms with Crippen LogP contribution in [0.5, 0.6) is 0 Å². The van der Waals surface area contributed by atoms with Gasteiger partial charge in [0.15, 0.2) is 0 Å². The third-order valence-electron chi connectivity index (χ3n) is 3.41. The fourth-order valence-corrected chi connectivity index (χ4v) is 2.76. The molecule has 1 aliphatic rings. The van der Waals surface area contributed by atoms with Crippen LogP contribution in [0.4, 0.5) is 18.9 Å². The topological polar surface area (TPSA) is 49.4 Å². The number of likely N-dealkylation sites (tertiary alicyclic amines) is 1. The summed E-state index contributed by atoms with van der Waals surface area (Å²) in [4.78, 5) is 24.1. The summed E-state index contributed by atoms with van der Waals surface area (Å²) in [6, 6.07) is 6.91. The smallest absolute Gasteiger partial charge is 0.334 e. The Morgan fingerprint density at radius 2 is 2.05 bits per heavy atom. The van der Waals surface area contributed by atoms with Crippen LogP contribution in [0, 0.1) is 5.92 Å². The van der Waals surface area contributed by atoms with E-state index in [2.05, 4.69) is 21.2 Å². The van der Waals surface area contributed by atoms with Gasteiger partial charge in [0.05, 0.1) is 5.92 Å². The number of anilines is 1. The molecule has 1 atom stereocenters. The Balaban J connectivity index is 2.00. The van der Waals surface area contributed by atoms with E-state index in [0.717, 1.165) is 4.47 Å². The van der Waals surface area contributed by atoms with Crippen molar-refractivity contribution in [3.63, 3.8) is 0 Å². The molecular formula is C14H14BrF3N2O2. The average Bonchev–Trinajstić information content (AvgIpc) is 2.45. The number of nitrogens with zero attached hydrogens (tertiary/aromatic N) is 1. The second-order valence-corrected chi connectivity index (χ2v) is 6.00. The molecule has 4 nitrogen and oxygen atoms in total. The first-order chi connectivity index (χ1) is 10.3. The van der Waals surface area contributed by atoms with E-state index in [1.54, 1.807) is 24.3 Å². The lowest BCUT2D eigenvalue weighted by Gasteiger charge is -2.32. The number of hydrogen-bond donors (Lipinski definition) is 1. The zero-order chi connectivity index (χ0) is 16.3. The zero-order valence-electron chi connectivity index (χ0n) is 11.5. The summed E-state index contributed by atoms with van der Waals surface area (Å²) in [5.74, 6) is -2.90. The number of carbonyl (C=O) groups is 2. The zero-order valence-corrected chi connectivity index (χ0v) is 13.1. The average molecular weight is 379 g/mol. The van der Waals surface area contributed by atoms with E-state index in [1.165, 1.54) is 0 Å². The van der Waals surface area contributed by atoms with Crippen molar-refractivity contribution in [3.8, 4) is 0 Å². The van der Waals surface area contributed by atoms with Gasteiger partial charge in [-0.05, 0) is 31.0 Å². The van der Waals surface area contributed by atoms with Crippen LogP contribution in [0.1, 0.15) is 12.8 Å². The van der Waals surface area contributed by atoms with Crippen LogP contribution in [0.25, 0.3) is 0 Å². The van der Waals surface area contributed by atoms with E-state index < -0.39 is 18.0 Å². The minimum absolute atomic E-state index is 0.0268. The van der Waals surface area contributed by atoms with E-state index in [-0.39, 0.29) is 19.0 Å². The van der Waals surface area contributed by atoms with Crippen molar-refractivity contribution in [2.45, 2.75) is 19.0 Å². The minimum Gasteiger partial charge on any atom is -0.334 e. The Bertz CT molecular complexity index is 577. The molecule has 1 saturated heterocycles. The lowest BCUT2D eigenvalue weighted by molar-refractivity contribution is -0.187. The molecule has 1 N–H and O–H groups in total. The first-order valence-electron chi connectivity index (χ1n) is 6.70. The monoisotopic (exact) mass is 378 g/mol. The highest BCUT2D eigenvalue weighted by Crippen LogP contribution is 2.25. The Hall–Kier alpha value is -1.57. The second kappa shape index (κ2) is 6.68. The molecule has 1 heterocycles. The summed E-state index contributed by atoms with van der Waals surface area (Å²) >= 11 is 3.27. The van der Waals surface area contributed by atoms with Gasteiger partial charge in [-0.15, -0.1) is 0 Å². The third kappa shape index (κ3) is 4.22. The second-order valence-electron chi connectivity index (χ2n) is 5.09. The van der Waals surface area contributed by atoms with Crippen molar-refractivity contribution in [2.75, 3.05) is 18.4 Å². The number of carbonyl (C=O) groups excluding carboxylic acids is 2. The van der Waals surface area contributed by atoms with Crippen LogP contribution in [-0.2, 0) is 9.59 Å². The number of amides is 2. The van der Waals surface area contributed by atoms with Crippen molar-refractivity contribution in [1.82, 2.24) is 4.90 Å². The number of rotatable bonds is 2. The predicted octanol–water partition coefficient (Wildman–Crippen LogP) is 3.19. The third-order valence-corrected chi connectivity index (χ3v) is 3.91. The molecule has 8 heteroatoms. The number of hydrogen-bond acceptors (Lipinski definition) is 2. The first-order valence-corrected chi connectivity index (χ1v) is 7.49. The molecule has 0 aromatic heterocycles. The van der Waals surface area contributed by atoms with Gasteiger partial charge >= 0.3 is 12.1 Å². The molecule has 0 bridgehead atoms. The number of halogens is 4. The Kier molecular flexibility index (Phi) is 5.10. The molecular weight excluding hydrogens is 365 g/mol.